The number of amides is 1. The maximum atomic E-state index is 12.9. The summed E-state index contributed by atoms with van der Waals surface area (Å²) in [4.78, 5) is 12.9. The van der Waals surface area contributed by atoms with Crippen LogP contribution in [0.2, 0.25) is 0 Å². The van der Waals surface area contributed by atoms with E-state index >= 15 is 0 Å². The van der Waals surface area contributed by atoms with E-state index in [0.29, 0.717) is 24.2 Å². The second kappa shape index (κ2) is 8.22. The number of carbonyl (C=O) groups excluding carboxylic acids is 1. The van der Waals surface area contributed by atoms with E-state index in [-0.39, 0.29) is 23.6 Å². The standard InChI is InChI=1S/C21H26N2O4S/c1-15(2)20(16-8-10-19(27-3)11-9-16)22-21(24)17-6-4-7-18(14-17)23-12-5-13-28(23,25)26/h4,6-11,14-15,20H,5,12-13H2,1-3H3,(H,22,24)/t20-/m0/s1. The number of nitrogens with zero attached hydrogens (tertiary/aromatic N) is 1. The van der Waals surface area contributed by atoms with Gasteiger partial charge in [0.2, 0.25) is 10.0 Å². The SMILES string of the molecule is COc1ccc([C@@H](NC(=O)c2cccc(N3CCCS3(=O)=O)c2)C(C)C)cc1. The van der Waals surface area contributed by atoms with E-state index in [9.17, 15) is 13.2 Å². The van der Waals surface area contributed by atoms with Gasteiger partial charge in [-0.1, -0.05) is 32.0 Å². The Labute approximate surface area is 166 Å². The summed E-state index contributed by atoms with van der Waals surface area (Å²) in [6.07, 6.45) is 0.603. The van der Waals surface area contributed by atoms with Crippen molar-refractivity contribution in [1.82, 2.24) is 5.32 Å². The lowest BCUT2D eigenvalue weighted by atomic mass is 9.95. The largest absolute Gasteiger partial charge is 0.497 e. The summed E-state index contributed by atoms with van der Waals surface area (Å²) < 4.78 is 30.9. The van der Waals surface area contributed by atoms with Gasteiger partial charge >= 0.3 is 0 Å². The highest BCUT2D eigenvalue weighted by Crippen LogP contribution is 2.27. The molecule has 150 valence electrons. The monoisotopic (exact) mass is 402 g/mol. The molecular formula is C21H26N2O4S. The van der Waals surface area contributed by atoms with Gasteiger partial charge in [0.25, 0.3) is 5.91 Å². The molecule has 7 heteroatoms. The molecule has 0 aliphatic carbocycles. The molecule has 1 saturated heterocycles. The van der Waals surface area contributed by atoms with E-state index in [1.165, 1.54) is 4.31 Å². The van der Waals surface area contributed by atoms with Gasteiger partial charge < -0.3 is 10.1 Å². The van der Waals surface area contributed by atoms with Gasteiger partial charge in [-0.05, 0) is 48.2 Å². The lowest BCUT2D eigenvalue weighted by Gasteiger charge is -2.24. The van der Waals surface area contributed by atoms with Crippen LogP contribution in [0.5, 0.6) is 5.75 Å². The van der Waals surface area contributed by atoms with E-state index < -0.39 is 10.0 Å². The minimum absolute atomic E-state index is 0.149. The molecule has 0 unspecified atom stereocenters. The first-order chi connectivity index (χ1) is 13.3. The maximum Gasteiger partial charge on any atom is 0.251 e. The van der Waals surface area contributed by atoms with E-state index in [1.807, 2.05) is 38.1 Å². The number of benzene rings is 2. The zero-order chi connectivity index (χ0) is 20.3. The van der Waals surface area contributed by atoms with E-state index in [4.69, 9.17) is 4.74 Å². The van der Waals surface area contributed by atoms with Crippen LogP contribution < -0.4 is 14.4 Å². The van der Waals surface area contributed by atoms with Crippen molar-refractivity contribution < 1.29 is 17.9 Å². The van der Waals surface area contributed by atoms with Crippen LogP contribution in [-0.4, -0.2) is 33.7 Å². The van der Waals surface area contributed by atoms with Crippen LogP contribution in [0.15, 0.2) is 48.5 Å². The third-order valence-corrected chi connectivity index (χ3v) is 6.79. The lowest BCUT2D eigenvalue weighted by Crippen LogP contribution is -2.32. The number of ether oxygens (including phenoxy) is 1. The van der Waals surface area contributed by atoms with Crippen molar-refractivity contribution in [3.8, 4) is 5.75 Å². The Hall–Kier alpha value is -2.54. The van der Waals surface area contributed by atoms with Gasteiger partial charge in [0.05, 0.1) is 24.6 Å². The summed E-state index contributed by atoms with van der Waals surface area (Å²) in [5.74, 6) is 0.862. The fraction of sp³-hybridized carbons (Fsp3) is 0.381. The Bertz CT molecular complexity index is 939. The topological polar surface area (TPSA) is 75.7 Å². The first-order valence-electron chi connectivity index (χ1n) is 9.37. The van der Waals surface area contributed by atoms with Crippen LogP contribution in [0, 0.1) is 5.92 Å². The first kappa shape index (κ1) is 20.2. The van der Waals surface area contributed by atoms with Crippen LogP contribution in [0.1, 0.15) is 42.2 Å². The number of carbonyl (C=O) groups is 1. The maximum absolute atomic E-state index is 12.9. The van der Waals surface area contributed by atoms with Gasteiger partial charge in [0.1, 0.15) is 5.75 Å². The van der Waals surface area contributed by atoms with Gasteiger partial charge in [-0.15, -0.1) is 0 Å². The molecule has 0 saturated carbocycles. The molecule has 1 aliphatic heterocycles. The van der Waals surface area contributed by atoms with E-state index in [0.717, 1.165) is 11.3 Å². The zero-order valence-corrected chi connectivity index (χ0v) is 17.2. The molecule has 28 heavy (non-hydrogen) atoms. The average Bonchev–Trinajstić information content (AvgIpc) is 3.05. The molecule has 1 atom stereocenters. The number of nitrogens with one attached hydrogen (secondary N) is 1. The van der Waals surface area contributed by atoms with Crippen molar-refractivity contribution in [2.24, 2.45) is 5.92 Å². The zero-order valence-electron chi connectivity index (χ0n) is 16.4. The summed E-state index contributed by atoms with van der Waals surface area (Å²) >= 11 is 0. The highest BCUT2D eigenvalue weighted by Gasteiger charge is 2.29. The Kier molecular flexibility index (Phi) is 5.93. The molecule has 1 N–H and O–H groups in total. The molecule has 1 heterocycles. The van der Waals surface area contributed by atoms with Crippen molar-refractivity contribution in [2.45, 2.75) is 26.3 Å². The normalized spacial score (nSPS) is 16.8. The average molecular weight is 403 g/mol. The van der Waals surface area contributed by atoms with Crippen LogP contribution in [0.4, 0.5) is 5.69 Å². The molecule has 1 aliphatic rings. The summed E-state index contributed by atoms with van der Waals surface area (Å²) in [5, 5.41) is 3.08. The minimum atomic E-state index is -3.28. The quantitative estimate of drug-likeness (QED) is 0.804. The van der Waals surface area contributed by atoms with E-state index in [1.54, 1.807) is 31.4 Å². The summed E-state index contributed by atoms with van der Waals surface area (Å²) in [6, 6.07) is 14.2. The van der Waals surface area contributed by atoms with Gasteiger partial charge in [0, 0.05) is 12.1 Å². The van der Waals surface area contributed by atoms with Crippen molar-refractivity contribution in [3.05, 3.63) is 59.7 Å². The fourth-order valence-corrected chi connectivity index (χ4v) is 4.96. The number of sulfonamides is 1. The molecule has 0 spiro atoms. The molecule has 1 amide bonds. The summed E-state index contributed by atoms with van der Waals surface area (Å²) in [5.41, 5.74) is 1.97. The predicted molar refractivity (Wildman–Crippen MR) is 110 cm³/mol. The number of anilines is 1. The van der Waals surface area contributed by atoms with E-state index in [2.05, 4.69) is 5.32 Å². The molecule has 6 nitrogen and oxygen atoms in total. The Balaban J connectivity index is 1.81. The van der Waals surface area contributed by atoms with Crippen molar-refractivity contribution in [2.75, 3.05) is 23.7 Å². The highest BCUT2D eigenvalue weighted by molar-refractivity contribution is 7.93. The lowest BCUT2D eigenvalue weighted by molar-refractivity contribution is 0.0925. The number of methoxy groups -OCH3 is 1. The number of hydrogen-bond donors (Lipinski definition) is 1. The highest BCUT2D eigenvalue weighted by atomic mass is 32.2. The van der Waals surface area contributed by atoms with Gasteiger partial charge in [-0.25, -0.2) is 8.42 Å². The smallest absolute Gasteiger partial charge is 0.251 e. The number of hydrogen-bond acceptors (Lipinski definition) is 4. The fourth-order valence-electron chi connectivity index (χ4n) is 3.40. The molecule has 0 aromatic heterocycles. The van der Waals surface area contributed by atoms with Crippen LogP contribution >= 0.6 is 0 Å². The van der Waals surface area contributed by atoms with Crippen LogP contribution in [0.3, 0.4) is 0 Å². The molecule has 2 aromatic rings. The van der Waals surface area contributed by atoms with Crippen LogP contribution in [-0.2, 0) is 10.0 Å². The van der Waals surface area contributed by atoms with Crippen molar-refractivity contribution >= 4 is 21.6 Å². The Morgan fingerprint density at radius 3 is 2.43 bits per heavy atom. The molecule has 1 fully saturated rings. The summed E-state index contributed by atoms with van der Waals surface area (Å²) in [7, 11) is -1.66. The third-order valence-electron chi connectivity index (χ3n) is 4.92. The van der Waals surface area contributed by atoms with Gasteiger partial charge in [-0.2, -0.15) is 0 Å². The molecule has 0 radical (unpaired) electrons. The molecule has 3 rings (SSSR count). The minimum Gasteiger partial charge on any atom is -0.497 e. The third kappa shape index (κ3) is 4.30. The Morgan fingerprint density at radius 2 is 1.86 bits per heavy atom. The second-order valence-corrected chi connectivity index (χ2v) is 9.27. The van der Waals surface area contributed by atoms with Gasteiger partial charge in [-0.3, -0.25) is 9.10 Å². The van der Waals surface area contributed by atoms with Gasteiger partial charge in [0.15, 0.2) is 0 Å². The first-order valence-corrected chi connectivity index (χ1v) is 11.0. The van der Waals surface area contributed by atoms with Crippen molar-refractivity contribution in [3.63, 3.8) is 0 Å². The Morgan fingerprint density at radius 1 is 1.14 bits per heavy atom. The summed E-state index contributed by atoms with van der Waals surface area (Å²) in [6.45, 7) is 4.54. The second-order valence-electron chi connectivity index (χ2n) is 7.26. The molecule has 2 aromatic carbocycles. The predicted octanol–water partition coefficient (Wildman–Crippen LogP) is 3.36. The van der Waals surface area contributed by atoms with Crippen LogP contribution in [0.25, 0.3) is 0 Å². The number of rotatable bonds is 6. The molecule has 0 bridgehead atoms. The molecular weight excluding hydrogens is 376 g/mol. The van der Waals surface area contributed by atoms with Crippen molar-refractivity contribution in [1.29, 1.82) is 0 Å².